The number of hydrogen-bond acceptors (Lipinski definition) is 3. The third-order valence-electron chi connectivity index (χ3n) is 4.17. The molecular weight excluding hydrogens is 248 g/mol. The number of fused-ring (bicyclic) bond motifs is 2. The molecule has 1 saturated carbocycles. The van der Waals surface area contributed by atoms with Gasteiger partial charge in [-0.1, -0.05) is 31.0 Å². The SMILES string of the molecule is O=C1c2ccccc2S(=O)(=O)C[C@@H]2CCCC[C@H]12. The van der Waals surface area contributed by atoms with E-state index in [0.29, 0.717) is 5.56 Å². The van der Waals surface area contributed by atoms with Gasteiger partial charge in [0.2, 0.25) is 0 Å². The molecule has 2 aliphatic rings. The molecule has 0 saturated heterocycles. The molecule has 1 aromatic rings. The summed E-state index contributed by atoms with van der Waals surface area (Å²) in [4.78, 5) is 12.7. The molecule has 3 nitrogen and oxygen atoms in total. The van der Waals surface area contributed by atoms with Crippen molar-refractivity contribution >= 4 is 15.6 Å². The molecule has 18 heavy (non-hydrogen) atoms. The number of Topliss-reactive ketones (excluding diaryl/α,β-unsaturated/α-hetero) is 1. The predicted octanol–water partition coefficient (Wildman–Crippen LogP) is 2.46. The van der Waals surface area contributed by atoms with Crippen molar-refractivity contribution in [2.24, 2.45) is 11.8 Å². The van der Waals surface area contributed by atoms with Crippen LogP contribution in [0.2, 0.25) is 0 Å². The molecule has 0 spiro atoms. The maximum Gasteiger partial charge on any atom is 0.179 e. The van der Waals surface area contributed by atoms with Gasteiger partial charge < -0.3 is 0 Å². The van der Waals surface area contributed by atoms with Gasteiger partial charge in [-0.15, -0.1) is 0 Å². The van der Waals surface area contributed by atoms with E-state index in [0.717, 1.165) is 25.7 Å². The molecule has 1 aromatic carbocycles. The normalized spacial score (nSPS) is 30.1. The van der Waals surface area contributed by atoms with E-state index in [9.17, 15) is 13.2 Å². The van der Waals surface area contributed by atoms with Gasteiger partial charge in [0.25, 0.3) is 0 Å². The molecule has 4 heteroatoms. The molecule has 0 bridgehead atoms. The fraction of sp³-hybridized carbons (Fsp3) is 0.500. The van der Waals surface area contributed by atoms with Gasteiger partial charge in [0.1, 0.15) is 0 Å². The van der Waals surface area contributed by atoms with Crippen LogP contribution in [0.5, 0.6) is 0 Å². The topological polar surface area (TPSA) is 51.2 Å². The van der Waals surface area contributed by atoms with Gasteiger partial charge in [-0.2, -0.15) is 0 Å². The predicted molar refractivity (Wildman–Crippen MR) is 68.3 cm³/mol. The van der Waals surface area contributed by atoms with Crippen molar-refractivity contribution in [2.75, 3.05) is 5.75 Å². The zero-order chi connectivity index (χ0) is 12.8. The lowest BCUT2D eigenvalue weighted by atomic mass is 9.76. The third kappa shape index (κ3) is 1.79. The Labute approximate surface area is 107 Å². The Bertz CT molecular complexity index is 589. The first-order valence-electron chi connectivity index (χ1n) is 6.45. The maximum absolute atomic E-state index is 12.5. The van der Waals surface area contributed by atoms with E-state index in [1.54, 1.807) is 24.3 Å². The first-order chi connectivity index (χ1) is 8.59. The maximum atomic E-state index is 12.5. The van der Waals surface area contributed by atoms with Crippen molar-refractivity contribution in [1.29, 1.82) is 0 Å². The molecule has 1 aliphatic heterocycles. The molecule has 0 N–H and O–H groups in total. The van der Waals surface area contributed by atoms with Crippen LogP contribution in [0.1, 0.15) is 36.0 Å². The van der Waals surface area contributed by atoms with Crippen LogP contribution >= 0.6 is 0 Å². The summed E-state index contributed by atoms with van der Waals surface area (Å²) in [6, 6.07) is 6.67. The van der Waals surface area contributed by atoms with Crippen molar-refractivity contribution in [1.82, 2.24) is 0 Å². The molecule has 0 amide bonds. The fourth-order valence-electron chi connectivity index (χ4n) is 3.27. The van der Waals surface area contributed by atoms with Crippen LogP contribution in [0.15, 0.2) is 29.2 Å². The van der Waals surface area contributed by atoms with Gasteiger partial charge >= 0.3 is 0 Å². The fourth-order valence-corrected chi connectivity index (χ4v) is 5.20. The molecule has 0 radical (unpaired) electrons. The van der Waals surface area contributed by atoms with Gasteiger partial charge in [0.15, 0.2) is 15.6 Å². The highest BCUT2D eigenvalue weighted by molar-refractivity contribution is 7.91. The van der Waals surface area contributed by atoms with Crippen LogP contribution in [-0.2, 0) is 9.84 Å². The quantitative estimate of drug-likeness (QED) is 0.723. The second kappa shape index (κ2) is 4.19. The van der Waals surface area contributed by atoms with Crippen molar-refractivity contribution in [3.63, 3.8) is 0 Å². The minimum absolute atomic E-state index is 0.0173. The zero-order valence-corrected chi connectivity index (χ0v) is 10.9. The van der Waals surface area contributed by atoms with Crippen molar-refractivity contribution < 1.29 is 13.2 Å². The Morgan fingerprint density at radius 3 is 2.61 bits per heavy atom. The summed E-state index contributed by atoms with van der Waals surface area (Å²) in [7, 11) is -3.30. The molecular formula is C14H16O3S. The number of carbonyl (C=O) groups excluding carboxylic acids is 1. The van der Waals surface area contributed by atoms with E-state index in [-0.39, 0.29) is 28.3 Å². The summed E-state index contributed by atoms with van der Waals surface area (Å²) in [5.74, 6) is 0.109. The Morgan fingerprint density at radius 2 is 1.78 bits per heavy atom. The number of benzene rings is 1. The summed E-state index contributed by atoms with van der Waals surface area (Å²) in [6.07, 6.45) is 3.78. The molecule has 3 rings (SSSR count). The smallest absolute Gasteiger partial charge is 0.179 e. The first kappa shape index (κ1) is 11.9. The van der Waals surface area contributed by atoms with Crippen LogP contribution in [-0.4, -0.2) is 20.0 Å². The highest BCUT2D eigenvalue weighted by atomic mass is 32.2. The molecule has 2 atom stereocenters. The van der Waals surface area contributed by atoms with E-state index in [1.165, 1.54) is 0 Å². The lowest BCUT2D eigenvalue weighted by molar-refractivity contribution is 0.0840. The Hall–Kier alpha value is -1.16. The largest absolute Gasteiger partial charge is 0.294 e. The molecule has 1 fully saturated rings. The summed E-state index contributed by atoms with van der Waals surface area (Å²) < 4.78 is 24.7. The van der Waals surface area contributed by atoms with Crippen LogP contribution < -0.4 is 0 Å². The second-order valence-electron chi connectivity index (χ2n) is 5.29. The number of carbonyl (C=O) groups is 1. The minimum Gasteiger partial charge on any atom is -0.294 e. The Kier molecular flexibility index (Phi) is 2.77. The molecule has 96 valence electrons. The van der Waals surface area contributed by atoms with E-state index in [4.69, 9.17) is 0 Å². The number of hydrogen-bond donors (Lipinski definition) is 0. The third-order valence-corrected chi connectivity index (χ3v) is 6.06. The second-order valence-corrected chi connectivity index (χ2v) is 7.30. The van der Waals surface area contributed by atoms with E-state index < -0.39 is 9.84 Å². The highest BCUT2D eigenvalue weighted by Gasteiger charge is 2.40. The average Bonchev–Trinajstić information content (AvgIpc) is 2.45. The van der Waals surface area contributed by atoms with Gasteiger partial charge in [0.05, 0.1) is 10.6 Å². The zero-order valence-electron chi connectivity index (χ0n) is 10.1. The lowest BCUT2D eigenvalue weighted by Gasteiger charge is -2.27. The van der Waals surface area contributed by atoms with Gasteiger partial charge in [-0.25, -0.2) is 8.42 Å². The van der Waals surface area contributed by atoms with E-state index in [2.05, 4.69) is 0 Å². The molecule has 0 aromatic heterocycles. The Balaban J connectivity index is 2.17. The van der Waals surface area contributed by atoms with Gasteiger partial charge in [-0.05, 0) is 24.8 Å². The van der Waals surface area contributed by atoms with Gasteiger partial charge in [0, 0.05) is 11.5 Å². The summed E-state index contributed by atoms with van der Waals surface area (Å²) in [5, 5.41) is 0. The van der Waals surface area contributed by atoms with Crippen molar-refractivity contribution in [2.45, 2.75) is 30.6 Å². The summed E-state index contributed by atoms with van der Waals surface area (Å²) in [5.41, 5.74) is 0.409. The minimum atomic E-state index is -3.30. The van der Waals surface area contributed by atoms with Crippen LogP contribution in [0.25, 0.3) is 0 Å². The Morgan fingerprint density at radius 1 is 1.06 bits per heavy atom. The number of rotatable bonds is 0. The van der Waals surface area contributed by atoms with E-state index in [1.807, 2.05) is 0 Å². The monoisotopic (exact) mass is 264 g/mol. The van der Waals surface area contributed by atoms with Crippen molar-refractivity contribution in [3.05, 3.63) is 29.8 Å². The van der Waals surface area contributed by atoms with Crippen LogP contribution in [0, 0.1) is 11.8 Å². The van der Waals surface area contributed by atoms with E-state index >= 15 is 0 Å². The van der Waals surface area contributed by atoms with Crippen LogP contribution in [0.3, 0.4) is 0 Å². The molecule has 1 aliphatic carbocycles. The summed E-state index contributed by atoms with van der Waals surface area (Å²) >= 11 is 0. The highest BCUT2D eigenvalue weighted by Crippen LogP contribution is 2.38. The lowest BCUT2D eigenvalue weighted by Crippen LogP contribution is -2.29. The van der Waals surface area contributed by atoms with Crippen molar-refractivity contribution in [3.8, 4) is 0 Å². The standard InChI is InChI=1S/C14H16O3S/c15-14-11-6-2-1-5-10(11)9-18(16,17)13-8-4-3-7-12(13)14/h3-4,7-8,10-11H,1-2,5-6,9H2/t10-,11-/m0/s1. The van der Waals surface area contributed by atoms with Crippen LogP contribution in [0.4, 0.5) is 0 Å². The average molecular weight is 264 g/mol. The number of sulfone groups is 1. The first-order valence-corrected chi connectivity index (χ1v) is 8.11. The van der Waals surface area contributed by atoms with Gasteiger partial charge in [-0.3, -0.25) is 4.79 Å². The number of ketones is 1. The summed E-state index contributed by atoms with van der Waals surface area (Å²) in [6.45, 7) is 0. The molecule has 0 unspecified atom stereocenters. The molecule has 1 heterocycles.